The van der Waals surface area contributed by atoms with Gasteiger partial charge in [-0.25, -0.2) is 0 Å². The van der Waals surface area contributed by atoms with Crippen molar-refractivity contribution < 1.29 is 0 Å². The van der Waals surface area contributed by atoms with Gasteiger partial charge in [0.1, 0.15) is 0 Å². The first-order valence-electron chi connectivity index (χ1n) is 4.05. The molecule has 1 unspecified atom stereocenters. The van der Waals surface area contributed by atoms with Crippen molar-refractivity contribution >= 4 is 22.9 Å². The summed E-state index contributed by atoms with van der Waals surface area (Å²) in [6.45, 7) is 0. The van der Waals surface area contributed by atoms with Crippen molar-refractivity contribution in [2.45, 2.75) is 6.04 Å². The molecular weight excluding hydrogens is 218 g/mol. The largest absolute Gasteiger partial charge is 0.320 e. The van der Waals surface area contributed by atoms with E-state index in [2.05, 4.69) is 10.2 Å². The molecule has 14 heavy (non-hydrogen) atoms. The van der Waals surface area contributed by atoms with Crippen molar-refractivity contribution in [1.82, 2.24) is 10.2 Å². The normalized spacial score (nSPS) is 12.7. The molecule has 5 heteroatoms. The summed E-state index contributed by atoms with van der Waals surface area (Å²) < 4.78 is 0.748. The smallest absolute Gasteiger partial charge is 0.0931 e. The predicted octanol–water partition coefficient (Wildman–Crippen LogP) is 2.24. The second-order valence-electron chi connectivity index (χ2n) is 2.80. The molecule has 0 saturated heterocycles. The predicted molar refractivity (Wildman–Crippen MR) is 57.4 cm³/mol. The fourth-order valence-corrected chi connectivity index (χ4v) is 2.24. The van der Waals surface area contributed by atoms with Crippen LogP contribution >= 0.6 is 22.9 Å². The second-order valence-corrected chi connectivity index (χ2v) is 4.54. The van der Waals surface area contributed by atoms with Gasteiger partial charge >= 0.3 is 0 Å². The van der Waals surface area contributed by atoms with Crippen molar-refractivity contribution in [2.24, 2.45) is 5.73 Å². The van der Waals surface area contributed by atoms with Crippen LogP contribution in [0.2, 0.25) is 4.34 Å². The number of rotatable bonds is 2. The van der Waals surface area contributed by atoms with E-state index >= 15 is 0 Å². The Kier molecular flexibility index (Phi) is 2.77. The molecule has 0 aliphatic rings. The molecule has 0 aliphatic heterocycles. The van der Waals surface area contributed by atoms with E-state index in [4.69, 9.17) is 17.3 Å². The Morgan fingerprint density at radius 1 is 1.29 bits per heavy atom. The second kappa shape index (κ2) is 4.04. The molecule has 0 aromatic carbocycles. The average Bonchev–Trinajstić information content (AvgIpc) is 2.65. The van der Waals surface area contributed by atoms with Crippen LogP contribution in [0.25, 0.3) is 0 Å². The van der Waals surface area contributed by atoms with Crippen LogP contribution in [0, 0.1) is 0 Å². The summed E-state index contributed by atoms with van der Waals surface area (Å²) in [4.78, 5) is 1.03. The lowest BCUT2D eigenvalue weighted by Crippen LogP contribution is -2.10. The molecule has 1 atom stereocenters. The molecule has 2 aromatic heterocycles. The number of hydrogen-bond donors (Lipinski definition) is 1. The summed E-state index contributed by atoms with van der Waals surface area (Å²) >= 11 is 7.31. The third kappa shape index (κ3) is 1.92. The number of thiophene rings is 1. The van der Waals surface area contributed by atoms with Gasteiger partial charge in [-0.2, -0.15) is 10.2 Å². The van der Waals surface area contributed by atoms with Crippen LogP contribution in [0.5, 0.6) is 0 Å². The zero-order valence-corrected chi connectivity index (χ0v) is 8.79. The third-order valence-electron chi connectivity index (χ3n) is 1.87. The van der Waals surface area contributed by atoms with Gasteiger partial charge in [-0.1, -0.05) is 11.6 Å². The molecule has 72 valence electrons. The van der Waals surface area contributed by atoms with Crippen LogP contribution in [0.1, 0.15) is 16.5 Å². The quantitative estimate of drug-likeness (QED) is 0.853. The summed E-state index contributed by atoms with van der Waals surface area (Å²) in [5.74, 6) is 0. The van der Waals surface area contributed by atoms with Gasteiger partial charge in [0.25, 0.3) is 0 Å². The van der Waals surface area contributed by atoms with Crippen molar-refractivity contribution in [3.63, 3.8) is 0 Å². The molecular formula is C9H8ClN3S. The molecule has 0 amide bonds. The van der Waals surface area contributed by atoms with Crippen molar-refractivity contribution in [3.8, 4) is 0 Å². The van der Waals surface area contributed by atoms with E-state index in [0.29, 0.717) is 0 Å². The van der Waals surface area contributed by atoms with E-state index < -0.39 is 0 Å². The SMILES string of the molecule is NC(c1ccnnc1)c1ccc(Cl)s1. The Labute approximate surface area is 90.5 Å². The minimum Gasteiger partial charge on any atom is -0.320 e. The number of hydrogen-bond acceptors (Lipinski definition) is 4. The van der Waals surface area contributed by atoms with Crippen LogP contribution in [-0.2, 0) is 0 Å². The molecule has 3 nitrogen and oxygen atoms in total. The van der Waals surface area contributed by atoms with E-state index in [1.807, 2.05) is 18.2 Å². The highest BCUT2D eigenvalue weighted by atomic mass is 35.5. The van der Waals surface area contributed by atoms with Gasteiger partial charge in [0.15, 0.2) is 0 Å². The van der Waals surface area contributed by atoms with Crippen LogP contribution < -0.4 is 5.73 Å². The zero-order chi connectivity index (χ0) is 9.97. The zero-order valence-electron chi connectivity index (χ0n) is 7.22. The molecule has 2 heterocycles. The van der Waals surface area contributed by atoms with Crippen LogP contribution in [0.15, 0.2) is 30.6 Å². The van der Waals surface area contributed by atoms with E-state index in [1.165, 1.54) is 11.3 Å². The van der Waals surface area contributed by atoms with Crippen LogP contribution in [0.4, 0.5) is 0 Å². The summed E-state index contributed by atoms with van der Waals surface area (Å²) in [6.07, 6.45) is 3.29. The molecule has 0 saturated carbocycles. The minimum absolute atomic E-state index is 0.164. The molecule has 0 spiro atoms. The number of aromatic nitrogens is 2. The van der Waals surface area contributed by atoms with Gasteiger partial charge in [-0.15, -0.1) is 11.3 Å². The van der Waals surface area contributed by atoms with Crippen molar-refractivity contribution in [1.29, 1.82) is 0 Å². The molecule has 0 radical (unpaired) electrons. The summed E-state index contributed by atoms with van der Waals surface area (Å²) in [7, 11) is 0. The van der Waals surface area contributed by atoms with Gasteiger partial charge in [0.05, 0.1) is 16.6 Å². The highest BCUT2D eigenvalue weighted by Crippen LogP contribution is 2.28. The first kappa shape index (κ1) is 9.58. The number of nitrogens with two attached hydrogens (primary N) is 1. The van der Waals surface area contributed by atoms with E-state index in [0.717, 1.165) is 14.8 Å². The summed E-state index contributed by atoms with van der Waals surface area (Å²) in [5, 5.41) is 7.48. The van der Waals surface area contributed by atoms with Gasteiger partial charge in [0, 0.05) is 11.1 Å². The van der Waals surface area contributed by atoms with Gasteiger partial charge < -0.3 is 5.73 Å². The van der Waals surface area contributed by atoms with Crippen molar-refractivity contribution in [2.75, 3.05) is 0 Å². The minimum atomic E-state index is -0.164. The first-order valence-corrected chi connectivity index (χ1v) is 5.24. The first-order chi connectivity index (χ1) is 6.77. The fraction of sp³-hybridized carbons (Fsp3) is 0.111. The van der Waals surface area contributed by atoms with Gasteiger partial charge in [-0.05, 0) is 23.8 Å². The Morgan fingerprint density at radius 3 is 2.71 bits per heavy atom. The highest BCUT2D eigenvalue weighted by molar-refractivity contribution is 7.16. The van der Waals surface area contributed by atoms with Gasteiger partial charge in [-0.3, -0.25) is 0 Å². The maximum absolute atomic E-state index is 6.01. The topological polar surface area (TPSA) is 51.8 Å². The number of nitrogens with zero attached hydrogens (tertiary/aromatic N) is 2. The highest BCUT2D eigenvalue weighted by Gasteiger charge is 2.10. The van der Waals surface area contributed by atoms with E-state index in [9.17, 15) is 0 Å². The Balaban J connectivity index is 2.29. The van der Waals surface area contributed by atoms with Crippen LogP contribution in [-0.4, -0.2) is 10.2 Å². The lowest BCUT2D eigenvalue weighted by Gasteiger charge is -2.07. The Bertz CT molecular complexity index is 415. The maximum Gasteiger partial charge on any atom is 0.0931 e. The molecule has 0 fully saturated rings. The lowest BCUT2D eigenvalue weighted by atomic mass is 10.1. The molecule has 2 rings (SSSR count). The summed E-state index contributed by atoms with van der Waals surface area (Å²) in [5.41, 5.74) is 6.96. The van der Waals surface area contributed by atoms with E-state index in [-0.39, 0.29) is 6.04 Å². The summed E-state index contributed by atoms with van der Waals surface area (Å²) in [6, 6.07) is 5.46. The molecule has 0 aliphatic carbocycles. The number of halogens is 1. The van der Waals surface area contributed by atoms with Crippen molar-refractivity contribution in [3.05, 3.63) is 45.4 Å². The Hall–Kier alpha value is -0.970. The average molecular weight is 226 g/mol. The fourth-order valence-electron chi connectivity index (χ4n) is 1.14. The van der Waals surface area contributed by atoms with Gasteiger partial charge in [0.2, 0.25) is 0 Å². The van der Waals surface area contributed by atoms with Crippen LogP contribution in [0.3, 0.4) is 0 Å². The standard InChI is InChI=1S/C9H8ClN3S/c10-8-2-1-7(14-8)9(11)6-3-4-12-13-5-6/h1-5,9H,11H2. The lowest BCUT2D eigenvalue weighted by molar-refractivity contribution is 0.863. The molecule has 2 aromatic rings. The molecule has 2 N–H and O–H groups in total. The maximum atomic E-state index is 6.01. The third-order valence-corrected chi connectivity index (χ3v) is 3.18. The Morgan fingerprint density at radius 2 is 2.14 bits per heavy atom. The molecule has 0 bridgehead atoms. The monoisotopic (exact) mass is 225 g/mol. The van der Waals surface area contributed by atoms with E-state index in [1.54, 1.807) is 12.4 Å².